The highest BCUT2D eigenvalue weighted by atomic mass is 32.2. The lowest BCUT2D eigenvalue weighted by molar-refractivity contribution is -0.148. The number of carbonyl (C=O) groups is 1. The van der Waals surface area contributed by atoms with Crippen molar-refractivity contribution in [3.63, 3.8) is 0 Å². The number of amides is 1. The zero-order chi connectivity index (χ0) is 26.7. The topological polar surface area (TPSA) is 79.4 Å². The van der Waals surface area contributed by atoms with E-state index >= 15 is 0 Å². The molecular weight excluding hydrogens is 478 g/mol. The standard InChI is InChI=1S/C27H45N3O5S/c1-20-16-23(34-7)17-21(2)26(20)36(32,33)28(5)14-15-35-19-25(31)29(6)24-18-22(27(24,3)4)10-13-30-11-8-9-12-30/h16-17,22,24H,8-15,18-19H2,1-7H3/t22-,24+/m0/s1. The second kappa shape index (κ2) is 11.8. The molecular formula is C27H45N3O5S. The van der Waals surface area contributed by atoms with Crippen LogP contribution in [-0.4, -0.2) is 95.1 Å². The highest BCUT2D eigenvalue weighted by Gasteiger charge is 2.50. The van der Waals surface area contributed by atoms with Crippen molar-refractivity contribution >= 4 is 15.9 Å². The molecule has 2 aliphatic rings. The fourth-order valence-electron chi connectivity index (χ4n) is 5.82. The molecule has 1 saturated carbocycles. The number of nitrogens with zero attached hydrogens (tertiary/aromatic N) is 3. The van der Waals surface area contributed by atoms with Crippen molar-refractivity contribution in [3.05, 3.63) is 23.3 Å². The quantitative estimate of drug-likeness (QED) is 0.391. The first-order valence-electron chi connectivity index (χ1n) is 13.1. The van der Waals surface area contributed by atoms with Crippen LogP contribution in [0.5, 0.6) is 5.75 Å². The van der Waals surface area contributed by atoms with Crippen LogP contribution in [0.3, 0.4) is 0 Å². The number of sulfonamides is 1. The van der Waals surface area contributed by atoms with Gasteiger partial charge in [-0.2, -0.15) is 4.31 Å². The van der Waals surface area contributed by atoms with Crippen LogP contribution in [0.25, 0.3) is 0 Å². The van der Waals surface area contributed by atoms with E-state index in [1.165, 1.54) is 43.7 Å². The third kappa shape index (κ3) is 6.23. The van der Waals surface area contributed by atoms with Gasteiger partial charge in [-0.15, -0.1) is 0 Å². The van der Waals surface area contributed by atoms with Crippen LogP contribution in [0.2, 0.25) is 0 Å². The van der Waals surface area contributed by atoms with Gasteiger partial charge in [-0.3, -0.25) is 4.79 Å². The number of hydrogen-bond donors (Lipinski definition) is 0. The Kier molecular flexibility index (Phi) is 9.46. The average Bonchev–Trinajstić information content (AvgIpc) is 3.33. The summed E-state index contributed by atoms with van der Waals surface area (Å²) in [5.74, 6) is 1.20. The molecule has 2 fully saturated rings. The Morgan fingerprint density at radius 2 is 1.75 bits per heavy atom. The third-order valence-corrected chi connectivity index (χ3v) is 10.5. The summed E-state index contributed by atoms with van der Waals surface area (Å²) in [5, 5.41) is 0. The van der Waals surface area contributed by atoms with E-state index in [-0.39, 0.29) is 42.0 Å². The first kappa shape index (κ1) is 28.9. The summed E-state index contributed by atoms with van der Waals surface area (Å²) in [4.78, 5) is 17.5. The smallest absolute Gasteiger partial charge is 0.248 e. The first-order valence-corrected chi connectivity index (χ1v) is 14.5. The van der Waals surface area contributed by atoms with Gasteiger partial charge >= 0.3 is 0 Å². The molecule has 8 nitrogen and oxygen atoms in total. The molecule has 3 rings (SSSR count). The number of carbonyl (C=O) groups excluding carboxylic acids is 1. The van der Waals surface area contributed by atoms with Gasteiger partial charge < -0.3 is 19.3 Å². The number of likely N-dealkylation sites (tertiary alicyclic amines) is 1. The Labute approximate surface area is 218 Å². The highest BCUT2D eigenvalue weighted by molar-refractivity contribution is 7.89. The van der Waals surface area contributed by atoms with E-state index in [1.807, 2.05) is 11.9 Å². The molecule has 0 bridgehead atoms. The van der Waals surface area contributed by atoms with E-state index < -0.39 is 10.0 Å². The van der Waals surface area contributed by atoms with E-state index in [0.29, 0.717) is 22.8 Å². The first-order chi connectivity index (χ1) is 16.9. The number of benzene rings is 1. The summed E-state index contributed by atoms with van der Waals surface area (Å²) in [7, 11) is 1.27. The Hall–Kier alpha value is -1.68. The minimum atomic E-state index is -3.68. The maximum atomic E-state index is 13.1. The number of aryl methyl sites for hydroxylation is 2. The molecule has 1 aromatic rings. The molecule has 36 heavy (non-hydrogen) atoms. The SMILES string of the molecule is COc1cc(C)c(S(=O)(=O)N(C)CCOCC(=O)N(C)[C@@H]2C[C@H](CCN3CCCC3)C2(C)C)c(C)c1. The number of ether oxygens (including phenoxy) is 2. The predicted octanol–water partition coefficient (Wildman–Crippen LogP) is 3.31. The highest BCUT2D eigenvalue weighted by Crippen LogP contribution is 2.50. The maximum Gasteiger partial charge on any atom is 0.248 e. The monoisotopic (exact) mass is 523 g/mol. The third-order valence-electron chi connectivity index (χ3n) is 8.39. The number of rotatable bonds is 12. The van der Waals surface area contributed by atoms with E-state index in [2.05, 4.69) is 18.7 Å². The summed E-state index contributed by atoms with van der Waals surface area (Å²) in [6.07, 6.45) is 4.85. The second-order valence-electron chi connectivity index (χ2n) is 11.1. The molecule has 1 aliphatic heterocycles. The van der Waals surface area contributed by atoms with Crippen molar-refractivity contribution in [1.82, 2.24) is 14.1 Å². The van der Waals surface area contributed by atoms with Crippen molar-refractivity contribution in [1.29, 1.82) is 0 Å². The molecule has 0 unspecified atom stereocenters. The normalized spacial score (nSPS) is 22.0. The van der Waals surface area contributed by atoms with Crippen molar-refractivity contribution in [2.75, 3.05) is 60.6 Å². The van der Waals surface area contributed by atoms with Crippen molar-refractivity contribution in [2.24, 2.45) is 11.3 Å². The minimum Gasteiger partial charge on any atom is -0.497 e. The van der Waals surface area contributed by atoms with Gasteiger partial charge in [0.1, 0.15) is 12.4 Å². The number of methoxy groups -OCH3 is 1. The van der Waals surface area contributed by atoms with Gasteiger partial charge in [0.25, 0.3) is 0 Å². The molecule has 0 spiro atoms. The molecule has 1 aromatic carbocycles. The number of likely N-dealkylation sites (N-methyl/N-ethyl adjacent to an activating group) is 2. The average molecular weight is 524 g/mol. The zero-order valence-corrected chi connectivity index (χ0v) is 24.0. The lowest BCUT2D eigenvalue weighted by atomic mass is 9.57. The second-order valence-corrected chi connectivity index (χ2v) is 13.1. The molecule has 0 aromatic heterocycles. The molecule has 1 amide bonds. The molecule has 1 aliphatic carbocycles. The Morgan fingerprint density at radius 1 is 1.14 bits per heavy atom. The van der Waals surface area contributed by atoms with Crippen LogP contribution in [0.15, 0.2) is 17.0 Å². The van der Waals surface area contributed by atoms with Gasteiger partial charge in [-0.1, -0.05) is 13.8 Å². The van der Waals surface area contributed by atoms with E-state index in [0.717, 1.165) is 13.0 Å². The maximum absolute atomic E-state index is 13.1. The fraction of sp³-hybridized carbons (Fsp3) is 0.741. The predicted molar refractivity (Wildman–Crippen MR) is 142 cm³/mol. The summed E-state index contributed by atoms with van der Waals surface area (Å²) in [6.45, 7) is 11.9. The van der Waals surface area contributed by atoms with Crippen LogP contribution in [0, 0.1) is 25.2 Å². The van der Waals surface area contributed by atoms with Crippen molar-refractivity contribution < 1.29 is 22.7 Å². The lowest BCUT2D eigenvalue weighted by Crippen LogP contribution is -2.59. The summed E-state index contributed by atoms with van der Waals surface area (Å²) in [5.41, 5.74) is 1.36. The molecule has 9 heteroatoms. The van der Waals surface area contributed by atoms with Gasteiger partial charge in [0.05, 0.1) is 18.6 Å². The molecule has 204 valence electrons. The fourth-order valence-corrected chi connectivity index (χ4v) is 7.38. The van der Waals surface area contributed by atoms with Crippen LogP contribution >= 0.6 is 0 Å². The minimum absolute atomic E-state index is 0.0456. The van der Waals surface area contributed by atoms with Gasteiger partial charge in [0.15, 0.2) is 0 Å². The molecule has 1 heterocycles. The van der Waals surface area contributed by atoms with Gasteiger partial charge in [0, 0.05) is 26.7 Å². The van der Waals surface area contributed by atoms with Crippen molar-refractivity contribution in [3.8, 4) is 5.75 Å². The molecule has 0 N–H and O–H groups in total. The zero-order valence-electron chi connectivity index (χ0n) is 23.2. The van der Waals surface area contributed by atoms with Crippen molar-refractivity contribution in [2.45, 2.75) is 64.3 Å². The van der Waals surface area contributed by atoms with E-state index in [1.54, 1.807) is 33.1 Å². The van der Waals surface area contributed by atoms with Gasteiger partial charge in [0.2, 0.25) is 15.9 Å². The van der Waals surface area contributed by atoms with Gasteiger partial charge in [-0.25, -0.2) is 8.42 Å². The Balaban J connectivity index is 1.44. The van der Waals surface area contributed by atoms with E-state index in [4.69, 9.17) is 9.47 Å². The van der Waals surface area contributed by atoms with E-state index in [9.17, 15) is 13.2 Å². The van der Waals surface area contributed by atoms with Crippen LogP contribution in [-0.2, 0) is 19.6 Å². The van der Waals surface area contributed by atoms with Crippen LogP contribution in [0.4, 0.5) is 0 Å². The van der Waals surface area contributed by atoms with Crippen LogP contribution in [0.1, 0.15) is 50.7 Å². The number of hydrogen-bond acceptors (Lipinski definition) is 6. The summed E-state index contributed by atoms with van der Waals surface area (Å²) < 4.78 is 38.4. The Bertz CT molecular complexity index is 997. The van der Waals surface area contributed by atoms with Crippen LogP contribution < -0.4 is 4.74 Å². The largest absolute Gasteiger partial charge is 0.497 e. The molecule has 0 radical (unpaired) electrons. The van der Waals surface area contributed by atoms with Gasteiger partial charge in [-0.05, 0) is 93.8 Å². The molecule has 2 atom stereocenters. The lowest BCUT2D eigenvalue weighted by Gasteiger charge is -2.56. The molecule has 1 saturated heterocycles. The summed E-state index contributed by atoms with van der Waals surface area (Å²) in [6, 6.07) is 3.65. The summed E-state index contributed by atoms with van der Waals surface area (Å²) >= 11 is 0. The Morgan fingerprint density at radius 3 is 2.31 bits per heavy atom.